The molecule has 1 aliphatic heterocycles. The molecule has 8 heteroatoms. The molecular formula is C23H26N2O4S2. The minimum absolute atomic E-state index is 0.0930. The molecule has 0 amide bonds. The van der Waals surface area contributed by atoms with E-state index in [1.54, 1.807) is 11.5 Å². The summed E-state index contributed by atoms with van der Waals surface area (Å²) in [6.45, 7) is 8.89. The molecule has 0 radical (unpaired) electrons. The van der Waals surface area contributed by atoms with E-state index in [0.29, 0.717) is 40.9 Å². The molecule has 164 valence electrons. The van der Waals surface area contributed by atoms with Gasteiger partial charge in [0.25, 0.3) is 5.56 Å². The van der Waals surface area contributed by atoms with E-state index in [1.807, 2.05) is 31.2 Å². The summed E-state index contributed by atoms with van der Waals surface area (Å²) < 4.78 is 12.7. The molecule has 1 atom stereocenters. The van der Waals surface area contributed by atoms with Crippen molar-refractivity contribution in [3.8, 4) is 5.69 Å². The van der Waals surface area contributed by atoms with Gasteiger partial charge < -0.3 is 9.47 Å². The number of fused-ring (bicyclic) bond motifs is 3. The van der Waals surface area contributed by atoms with Crippen LogP contribution in [0.5, 0.6) is 0 Å². The predicted octanol–water partition coefficient (Wildman–Crippen LogP) is 4.51. The van der Waals surface area contributed by atoms with Gasteiger partial charge in [-0.3, -0.25) is 14.2 Å². The number of carbonyl (C=O) groups excluding carboxylic acids is 1. The van der Waals surface area contributed by atoms with Crippen molar-refractivity contribution in [3.05, 3.63) is 50.6 Å². The number of rotatable bonds is 6. The summed E-state index contributed by atoms with van der Waals surface area (Å²) in [6, 6.07) is 7.77. The summed E-state index contributed by atoms with van der Waals surface area (Å²) in [6.07, 6.45) is 0.808. The molecule has 2 aromatic heterocycles. The molecule has 3 heterocycles. The van der Waals surface area contributed by atoms with Crippen LogP contribution in [0, 0.1) is 12.8 Å². The molecule has 0 spiro atoms. The molecule has 0 unspecified atom stereocenters. The average molecular weight is 459 g/mol. The van der Waals surface area contributed by atoms with Gasteiger partial charge in [0, 0.05) is 11.3 Å². The molecule has 1 aliphatic rings. The lowest BCUT2D eigenvalue weighted by atomic mass is 9.96. The van der Waals surface area contributed by atoms with Crippen LogP contribution in [0.1, 0.15) is 36.8 Å². The molecule has 0 bridgehead atoms. The summed E-state index contributed by atoms with van der Waals surface area (Å²) in [5.74, 6) is 0.145. The number of carbonyl (C=O) groups is 1. The first-order chi connectivity index (χ1) is 14.9. The molecule has 4 rings (SSSR count). The number of aryl methyl sites for hydroxylation is 1. The highest BCUT2D eigenvalue weighted by molar-refractivity contribution is 7.99. The molecule has 3 aromatic rings. The third-order valence-corrected chi connectivity index (χ3v) is 7.38. The standard InChI is InChI=1S/C23H26N2O4S2/c1-5-28-19(26)12-30-23-24-21-20(16-10-17(13(2)3)29-11-18(16)31-21)22(27)25(23)15-8-6-14(4)7-9-15/h6-9,13,17H,5,10-12H2,1-4H3/t17-/m1/s1. The normalized spacial score (nSPS) is 16.0. The number of nitrogens with zero attached hydrogens (tertiary/aromatic N) is 2. The second-order valence-electron chi connectivity index (χ2n) is 7.95. The van der Waals surface area contributed by atoms with Crippen molar-refractivity contribution in [3.63, 3.8) is 0 Å². The molecule has 0 saturated carbocycles. The van der Waals surface area contributed by atoms with Gasteiger partial charge in [-0.2, -0.15) is 0 Å². The Kier molecular flexibility index (Phi) is 6.50. The van der Waals surface area contributed by atoms with E-state index in [2.05, 4.69) is 13.8 Å². The lowest BCUT2D eigenvalue weighted by Crippen LogP contribution is -2.28. The highest BCUT2D eigenvalue weighted by atomic mass is 32.2. The van der Waals surface area contributed by atoms with Gasteiger partial charge in [-0.05, 0) is 37.5 Å². The molecule has 31 heavy (non-hydrogen) atoms. The summed E-state index contributed by atoms with van der Waals surface area (Å²) in [7, 11) is 0. The quantitative estimate of drug-likeness (QED) is 0.308. The maximum atomic E-state index is 13.8. The van der Waals surface area contributed by atoms with Crippen LogP contribution in [0.2, 0.25) is 0 Å². The topological polar surface area (TPSA) is 70.4 Å². The Morgan fingerprint density at radius 1 is 1.35 bits per heavy atom. The van der Waals surface area contributed by atoms with Crippen molar-refractivity contribution in [2.24, 2.45) is 5.92 Å². The zero-order chi connectivity index (χ0) is 22.1. The van der Waals surface area contributed by atoms with Gasteiger partial charge in [0.2, 0.25) is 0 Å². The number of benzene rings is 1. The van der Waals surface area contributed by atoms with Crippen LogP contribution in [-0.4, -0.2) is 34.0 Å². The van der Waals surface area contributed by atoms with E-state index in [-0.39, 0.29) is 23.4 Å². The first kappa shape index (κ1) is 22.0. The second kappa shape index (κ2) is 9.14. The summed E-state index contributed by atoms with van der Waals surface area (Å²) in [5, 5.41) is 1.17. The number of hydrogen-bond acceptors (Lipinski definition) is 7. The fourth-order valence-corrected chi connectivity index (χ4v) is 5.66. The van der Waals surface area contributed by atoms with Crippen LogP contribution < -0.4 is 5.56 Å². The van der Waals surface area contributed by atoms with Crippen molar-refractivity contribution in [2.45, 2.75) is 52.0 Å². The Labute approximate surface area is 189 Å². The number of thioether (sulfide) groups is 1. The van der Waals surface area contributed by atoms with Gasteiger partial charge >= 0.3 is 5.97 Å². The highest BCUT2D eigenvalue weighted by Crippen LogP contribution is 2.36. The molecule has 0 fully saturated rings. The monoisotopic (exact) mass is 458 g/mol. The molecule has 0 N–H and O–H groups in total. The number of esters is 1. The number of ether oxygens (including phenoxy) is 2. The minimum atomic E-state index is -0.323. The van der Waals surface area contributed by atoms with E-state index in [0.717, 1.165) is 21.7 Å². The van der Waals surface area contributed by atoms with E-state index >= 15 is 0 Å². The number of aromatic nitrogens is 2. The van der Waals surface area contributed by atoms with Crippen LogP contribution in [0.25, 0.3) is 15.9 Å². The third-order valence-electron chi connectivity index (χ3n) is 5.37. The Bertz CT molecular complexity index is 1170. The van der Waals surface area contributed by atoms with E-state index in [1.165, 1.54) is 23.1 Å². The Morgan fingerprint density at radius 3 is 2.77 bits per heavy atom. The Balaban J connectivity index is 1.86. The third kappa shape index (κ3) is 4.42. The SMILES string of the molecule is CCOC(=O)CSc1nc2sc3c(c2c(=O)n1-c1ccc(C)cc1)C[C@H](C(C)C)OC3. The van der Waals surface area contributed by atoms with E-state index in [9.17, 15) is 9.59 Å². The van der Waals surface area contributed by atoms with Gasteiger partial charge in [-0.1, -0.05) is 43.3 Å². The summed E-state index contributed by atoms with van der Waals surface area (Å²) in [4.78, 5) is 32.3. The zero-order valence-corrected chi connectivity index (χ0v) is 19.8. The van der Waals surface area contributed by atoms with Gasteiger partial charge in [-0.15, -0.1) is 11.3 Å². The molecule has 0 aliphatic carbocycles. The minimum Gasteiger partial charge on any atom is -0.465 e. The predicted molar refractivity (Wildman–Crippen MR) is 124 cm³/mol. The molecule has 1 aromatic carbocycles. The van der Waals surface area contributed by atoms with Crippen LogP contribution in [0.3, 0.4) is 0 Å². The van der Waals surface area contributed by atoms with Crippen molar-refractivity contribution < 1.29 is 14.3 Å². The largest absolute Gasteiger partial charge is 0.465 e. The fraction of sp³-hybridized carbons (Fsp3) is 0.435. The maximum absolute atomic E-state index is 13.8. The van der Waals surface area contributed by atoms with Crippen LogP contribution >= 0.6 is 23.1 Å². The average Bonchev–Trinajstić information content (AvgIpc) is 3.11. The lowest BCUT2D eigenvalue weighted by Gasteiger charge is -2.26. The van der Waals surface area contributed by atoms with Gasteiger partial charge in [0.1, 0.15) is 4.83 Å². The molecule has 0 saturated heterocycles. The van der Waals surface area contributed by atoms with Crippen LogP contribution in [-0.2, 0) is 27.3 Å². The van der Waals surface area contributed by atoms with Gasteiger partial charge in [0.05, 0.1) is 36.1 Å². The van der Waals surface area contributed by atoms with Crippen LogP contribution in [0.15, 0.2) is 34.2 Å². The number of thiophene rings is 1. The zero-order valence-electron chi connectivity index (χ0n) is 18.1. The first-order valence-corrected chi connectivity index (χ1v) is 12.2. The fourth-order valence-electron chi connectivity index (χ4n) is 3.68. The van der Waals surface area contributed by atoms with Crippen molar-refractivity contribution in [1.82, 2.24) is 9.55 Å². The highest BCUT2D eigenvalue weighted by Gasteiger charge is 2.29. The van der Waals surface area contributed by atoms with E-state index in [4.69, 9.17) is 14.5 Å². The van der Waals surface area contributed by atoms with Gasteiger partial charge in [-0.25, -0.2) is 4.98 Å². The second-order valence-corrected chi connectivity index (χ2v) is 9.97. The van der Waals surface area contributed by atoms with Crippen LogP contribution in [0.4, 0.5) is 0 Å². The Hall–Kier alpha value is -2.16. The van der Waals surface area contributed by atoms with Gasteiger partial charge in [0.15, 0.2) is 5.16 Å². The summed E-state index contributed by atoms with van der Waals surface area (Å²) in [5.41, 5.74) is 2.81. The smallest absolute Gasteiger partial charge is 0.316 e. The lowest BCUT2D eigenvalue weighted by molar-refractivity contribution is -0.139. The first-order valence-electron chi connectivity index (χ1n) is 10.4. The van der Waals surface area contributed by atoms with Crippen molar-refractivity contribution in [2.75, 3.05) is 12.4 Å². The summed E-state index contributed by atoms with van der Waals surface area (Å²) >= 11 is 2.74. The molecule has 6 nitrogen and oxygen atoms in total. The Morgan fingerprint density at radius 2 is 2.10 bits per heavy atom. The number of hydrogen-bond donors (Lipinski definition) is 0. The van der Waals surface area contributed by atoms with Crippen molar-refractivity contribution in [1.29, 1.82) is 0 Å². The van der Waals surface area contributed by atoms with Crippen molar-refractivity contribution >= 4 is 39.3 Å². The van der Waals surface area contributed by atoms with E-state index < -0.39 is 0 Å². The maximum Gasteiger partial charge on any atom is 0.316 e. The molecular weight excluding hydrogens is 432 g/mol.